The van der Waals surface area contributed by atoms with Crippen molar-refractivity contribution in [2.45, 2.75) is 39.0 Å². The number of unbranched alkanes of at least 4 members (excludes halogenated alkanes) is 1. The SMILES string of the molecule is CCCC=C1CCN(CCCN2C(=O)COc3ccccc32)CC1. The standard InChI is InChI=1S/C20H28N2O2/c1-2-3-7-17-10-14-21(15-11-17)12-6-13-22-18-8-4-5-9-19(18)24-16-20(22)23/h4-5,7-9H,2-3,6,10-16H2,1H3. The van der Waals surface area contributed by atoms with Crippen molar-refractivity contribution in [3.63, 3.8) is 0 Å². The minimum atomic E-state index is 0.0668. The maximum Gasteiger partial charge on any atom is 0.265 e. The molecular formula is C20H28N2O2. The zero-order valence-corrected chi connectivity index (χ0v) is 14.7. The van der Waals surface area contributed by atoms with Crippen molar-refractivity contribution >= 4 is 11.6 Å². The van der Waals surface area contributed by atoms with Crippen LogP contribution in [0.1, 0.15) is 39.0 Å². The molecule has 2 aliphatic heterocycles. The van der Waals surface area contributed by atoms with E-state index in [0.717, 1.165) is 44.0 Å². The lowest BCUT2D eigenvalue weighted by atomic mass is 10.0. The van der Waals surface area contributed by atoms with Crippen molar-refractivity contribution in [2.75, 3.05) is 37.7 Å². The van der Waals surface area contributed by atoms with E-state index >= 15 is 0 Å². The molecule has 130 valence electrons. The van der Waals surface area contributed by atoms with Crippen LogP contribution >= 0.6 is 0 Å². The molecule has 0 atom stereocenters. The van der Waals surface area contributed by atoms with Crippen LogP contribution in [-0.2, 0) is 4.79 Å². The van der Waals surface area contributed by atoms with Gasteiger partial charge < -0.3 is 14.5 Å². The fourth-order valence-corrected chi connectivity index (χ4v) is 3.47. The molecule has 1 fully saturated rings. The third kappa shape index (κ3) is 4.18. The Bertz CT molecular complexity index is 587. The van der Waals surface area contributed by atoms with Gasteiger partial charge in [-0.05, 0) is 44.4 Å². The number of carbonyl (C=O) groups is 1. The normalized spacial score (nSPS) is 18.3. The van der Waals surface area contributed by atoms with Gasteiger partial charge in [0.1, 0.15) is 5.75 Å². The average molecular weight is 328 g/mol. The van der Waals surface area contributed by atoms with Gasteiger partial charge in [-0.2, -0.15) is 0 Å². The maximum absolute atomic E-state index is 12.2. The van der Waals surface area contributed by atoms with E-state index in [9.17, 15) is 4.79 Å². The Morgan fingerprint density at radius 1 is 1.17 bits per heavy atom. The van der Waals surface area contributed by atoms with Crippen LogP contribution < -0.4 is 9.64 Å². The van der Waals surface area contributed by atoms with Gasteiger partial charge in [0.2, 0.25) is 0 Å². The van der Waals surface area contributed by atoms with Crippen LogP contribution in [0.2, 0.25) is 0 Å². The molecule has 0 saturated carbocycles. The number of amides is 1. The van der Waals surface area contributed by atoms with Gasteiger partial charge in [-0.3, -0.25) is 4.79 Å². The summed E-state index contributed by atoms with van der Waals surface area (Å²) in [5.74, 6) is 0.887. The minimum absolute atomic E-state index is 0.0668. The summed E-state index contributed by atoms with van der Waals surface area (Å²) in [5.41, 5.74) is 2.54. The zero-order valence-electron chi connectivity index (χ0n) is 14.7. The largest absolute Gasteiger partial charge is 0.482 e. The summed E-state index contributed by atoms with van der Waals surface area (Å²) in [5, 5.41) is 0. The summed E-state index contributed by atoms with van der Waals surface area (Å²) in [4.78, 5) is 16.6. The predicted molar refractivity (Wildman–Crippen MR) is 97.6 cm³/mol. The lowest BCUT2D eigenvalue weighted by Gasteiger charge is -2.31. The molecule has 2 aliphatic rings. The number of likely N-dealkylation sites (tertiary alicyclic amines) is 1. The Kier molecular flexibility index (Phi) is 5.91. The number of hydrogen-bond donors (Lipinski definition) is 0. The Labute approximate surface area is 145 Å². The number of nitrogens with zero attached hydrogens (tertiary/aromatic N) is 2. The first kappa shape index (κ1) is 17.0. The second-order valence-corrected chi connectivity index (χ2v) is 6.65. The van der Waals surface area contributed by atoms with E-state index in [4.69, 9.17) is 4.74 Å². The van der Waals surface area contributed by atoms with E-state index in [2.05, 4.69) is 17.9 Å². The van der Waals surface area contributed by atoms with Crippen molar-refractivity contribution in [1.82, 2.24) is 4.90 Å². The Morgan fingerprint density at radius 2 is 1.96 bits per heavy atom. The zero-order chi connectivity index (χ0) is 16.8. The maximum atomic E-state index is 12.2. The van der Waals surface area contributed by atoms with Gasteiger partial charge in [0, 0.05) is 19.6 Å². The van der Waals surface area contributed by atoms with E-state index in [0.29, 0.717) is 0 Å². The second kappa shape index (κ2) is 8.34. The monoisotopic (exact) mass is 328 g/mol. The van der Waals surface area contributed by atoms with Crippen LogP contribution in [-0.4, -0.2) is 43.6 Å². The smallest absolute Gasteiger partial charge is 0.265 e. The highest BCUT2D eigenvalue weighted by Crippen LogP contribution is 2.31. The molecule has 3 rings (SSSR count). The summed E-state index contributed by atoms with van der Waals surface area (Å²) in [6, 6.07) is 7.81. The molecule has 1 aromatic carbocycles. The van der Waals surface area contributed by atoms with Gasteiger partial charge in [0.25, 0.3) is 5.91 Å². The van der Waals surface area contributed by atoms with Crippen molar-refractivity contribution in [2.24, 2.45) is 0 Å². The van der Waals surface area contributed by atoms with Crippen LogP contribution in [0.5, 0.6) is 5.75 Å². The molecule has 24 heavy (non-hydrogen) atoms. The first-order chi connectivity index (χ1) is 11.8. The summed E-state index contributed by atoms with van der Waals surface area (Å²) < 4.78 is 5.50. The summed E-state index contributed by atoms with van der Waals surface area (Å²) in [6.07, 6.45) is 8.31. The van der Waals surface area contributed by atoms with Crippen LogP contribution in [0.25, 0.3) is 0 Å². The van der Waals surface area contributed by atoms with Crippen LogP contribution in [0.4, 0.5) is 5.69 Å². The fourth-order valence-electron chi connectivity index (χ4n) is 3.47. The first-order valence-corrected chi connectivity index (χ1v) is 9.20. The van der Waals surface area contributed by atoms with Crippen LogP contribution in [0.15, 0.2) is 35.9 Å². The van der Waals surface area contributed by atoms with Crippen molar-refractivity contribution in [3.05, 3.63) is 35.9 Å². The molecule has 0 radical (unpaired) electrons. The van der Waals surface area contributed by atoms with E-state index in [-0.39, 0.29) is 12.5 Å². The van der Waals surface area contributed by atoms with E-state index in [1.807, 2.05) is 29.2 Å². The molecule has 0 unspecified atom stereocenters. The molecule has 0 N–H and O–H groups in total. The van der Waals surface area contributed by atoms with Gasteiger partial charge in [0.05, 0.1) is 5.69 Å². The van der Waals surface area contributed by atoms with Crippen LogP contribution in [0.3, 0.4) is 0 Å². The Hall–Kier alpha value is -1.81. The number of benzene rings is 1. The number of anilines is 1. The summed E-state index contributed by atoms with van der Waals surface area (Å²) >= 11 is 0. The van der Waals surface area contributed by atoms with Gasteiger partial charge >= 0.3 is 0 Å². The predicted octanol–water partition coefficient (Wildman–Crippen LogP) is 3.62. The topological polar surface area (TPSA) is 32.8 Å². The van der Waals surface area contributed by atoms with Crippen molar-refractivity contribution in [1.29, 1.82) is 0 Å². The number of hydrogen-bond acceptors (Lipinski definition) is 3. The highest BCUT2D eigenvalue weighted by molar-refractivity contribution is 5.97. The number of fused-ring (bicyclic) bond motifs is 1. The van der Waals surface area contributed by atoms with Crippen LogP contribution in [0, 0.1) is 0 Å². The molecule has 1 saturated heterocycles. The highest BCUT2D eigenvalue weighted by atomic mass is 16.5. The average Bonchev–Trinajstić information content (AvgIpc) is 2.63. The van der Waals surface area contributed by atoms with E-state index in [1.165, 1.54) is 25.7 Å². The molecule has 4 nitrogen and oxygen atoms in total. The van der Waals surface area contributed by atoms with E-state index < -0.39 is 0 Å². The van der Waals surface area contributed by atoms with Gasteiger partial charge in [-0.25, -0.2) is 0 Å². The number of allylic oxidation sites excluding steroid dienone is 1. The molecule has 1 aromatic rings. The third-order valence-corrected chi connectivity index (χ3v) is 4.88. The van der Waals surface area contributed by atoms with Crippen molar-refractivity contribution in [3.8, 4) is 5.75 Å². The Morgan fingerprint density at radius 3 is 2.75 bits per heavy atom. The molecular weight excluding hydrogens is 300 g/mol. The number of rotatable bonds is 6. The van der Waals surface area contributed by atoms with E-state index in [1.54, 1.807) is 5.57 Å². The highest BCUT2D eigenvalue weighted by Gasteiger charge is 2.24. The lowest BCUT2D eigenvalue weighted by molar-refractivity contribution is -0.121. The second-order valence-electron chi connectivity index (χ2n) is 6.65. The number of carbonyl (C=O) groups excluding carboxylic acids is 1. The quantitative estimate of drug-likeness (QED) is 0.748. The Balaban J connectivity index is 1.47. The number of para-hydroxylation sites is 2. The number of ether oxygens (including phenoxy) is 1. The molecule has 0 aliphatic carbocycles. The van der Waals surface area contributed by atoms with Crippen molar-refractivity contribution < 1.29 is 9.53 Å². The fraction of sp³-hybridized carbons (Fsp3) is 0.550. The minimum Gasteiger partial charge on any atom is -0.482 e. The number of piperidine rings is 1. The molecule has 0 spiro atoms. The third-order valence-electron chi connectivity index (χ3n) is 4.88. The lowest BCUT2D eigenvalue weighted by Crippen LogP contribution is -2.41. The molecule has 2 heterocycles. The molecule has 0 bridgehead atoms. The van der Waals surface area contributed by atoms with Gasteiger partial charge in [0.15, 0.2) is 6.61 Å². The summed E-state index contributed by atoms with van der Waals surface area (Å²) in [7, 11) is 0. The van der Waals surface area contributed by atoms with Gasteiger partial charge in [-0.1, -0.05) is 37.1 Å². The van der Waals surface area contributed by atoms with Gasteiger partial charge in [-0.15, -0.1) is 0 Å². The first-order valence-electron chi connectivity index (χ1n) is 9.20. The molecule has 1 amide bonds. The summed E-state index contributed by atoms with van der Waals surface area (Å²) in [6.45, 7) is 6.54. The molecule has 0 aromatic heterocycles. The molecule has 4 heteroatoms.